The summed E-state index contributed by atoms with van der Waals surface area (Å²) in [5.74, 6) is -0.131. The first-order valence-corrected chi connectivity index (χ1v) is 13.1. The maximum atomic E-state index is 13.4. The average Bonchev–Trinajstić information content (AvgIpc) is 3.09. The maximum absolute atomic E-state index is 13.4. The van der Waals surface area contributed by atoms with E-state index in [1.54, 1.807) is 29.3 Å². The number of nitrogens with zero attached hydrogens (tertiary/aromatic N) is 3. The first-order chi connectivity index (χ1) is 16.1. The summed E-state index contributed by atoms with van der Waals surface area (Å²) in [7, 11) is 0. The van der Waals surface area contributed by atoms with Gasteiger partial charge in [0.15, 0.2) is 0 Å². The van der Waals surface area contributed by atoms with E-state index in [0.717, 1.165) is 17.7 Å². The lowest BCUT2D eigenvalue weighted by molar-refractivity contribution is -0.122. The highest BCUT2D eigenvalue weighted by Gasteiger charge is 2.32. The molecule has 1 saturated heterocycles. The average molecular weight is 496 g/mol. The van der Waals surface area contributed by atoms with Crippen molar-refractivity contribution >= 4 is 57.7 Å². The Hall–Kier alpha value is -2.42. The Morgan fingerprint density at radius 3 is 2.58 bits per heavy atom. The number of pyridine rings is 1. The number of hydrogen-bond donors (Lipinski definition) is 0. The highest BCUT2D eigenvalue weighted by Crippen LogP contribution is 2.35. The van der Waals surface area contributed by atoms with Gasteiger partial charge < -0.3 is 0 Å². The summed E-state index contributed by atoms with van der Waals surface area (Å²) in [5.41, 5.74) is 0.762. The van der Waals surface area contributed by atoms with Crippen molar-refractivity contribution in [3.05, 3.63) is 75.6 Å². The van der Waals surface area contributed by atoms with Gasteiger partial charge in [0.25, 0.3) is 11.5 Å². The highest BCUT2D eigenvalue weighted by atomic mass is 32.2. The SMILES string of the molecule is CCCCCCCN1C(=O)C(=Cc2c(Sc3ccccc3)nc3ccccn3c2=O)SC1=S. The minimum atomic E-state index is -0.205. The Labute approximate surface area is 207 Å². The molecule has 1 aliphatic heterocycles. The number of hydrogen-bond acceptors (Lipinski definition) is 6. The van der Waals surface area contributed by atoms with E-state index in [9.17, 15) is 9.59 Å². The van der Waals surface area contributed by atoms with Crippen LogP contribution in [0.4, 0.5) is 0 Å². The summed E-state index contributed by atoms with van der Waals surface area (Å²) in [6.07, 6.45) is 8.92. The Morgan fingerprint density at radius 1 is 1.03 bits per heavy atom. The molecule has 0 saturated carbocycles. The Balaban J connectivity index is 1.66. The zero-order valence-corrected chi connectivity index (χ0v) is 20.8. The summed E-state index contributed by atoms with van der Waals surface area (Å²) in [4.78, 5) is 34.3. The molecule has 0 spiro atoms. The van der Waals surface area contributed by atoms with Gasteiger partial charge in [0.2, 0.25) is 0 Å². The molecule has 0 bridgehead atoms. The first-order valence-electron chi connectivity index (χ1n) is 11.1. The molecule has 5 nitrogen and oxygen atoms in total. The third kappa shape index (κ3) is 5.57. The van der Waals surface area contributed by atoms with Crippen LogP contribution < -0.4 is 5.56 Å². The molecule has 3 heterocycles. The van der Waals surface area contributed by atoms with Crippen LogP contribution in [0.3, 0.4) is 0 Å². The molecular weight excluding hydrogens is 470 g/mol. The van der Waals surface area contributed by atoms with Gasteiger partial charge in [-0.15, -0.1) is 0 Å². The van der Waals surface area contributed by atoms with Crippen LogP contribution in [0.1, 0.15) is 44.6 Å². The first kappa shape index (κ1) is 23.7. The van der Waals surface area contributed by atoms with Crippen molar-refractivity contribution in [1.29, 1.82) is 0 Å². The summed E-state index contributed by atoms with van der Waals surface area (Å²) in [5, 5.41) is 0.572. The van der Waals surface area contributed by atoms with Gasteiger partial charge in [-0.1, -0.05) is 92.6 Å². The molecule has 170 valence electrons. The van der Waals surface area contributed by atoms with Crippen LogP contribution >= 0.6 is 35.7 Å². The van der Waals surface area contributed by atoms with Crippen molar-refractivity contribution < 1.29 is 4.79 Å². The van der Waals surface area contributed by atoms with E-state index in [1.807, 2.05) is 36.4 Å². The standard InChI is InChI=1S/C25H25N3O2S3/c1-2-3-4-5-10-16-28-24(30)20(33-25(28)31)17-19-22(32-18-12-7-6-8-13-18)26-21-14-9-11-15-27(21)23(19)29/h6-9,11-15,17H,2-5,10,16H2,1H3. The molecule has 0 radical (unpaired) electrons. The molecule has 8 heteroatoms. The van der Waals surface area contributed by atoms with E-state index in [2.05, 4.69) is 6.92 Å². The molecule has 0 atom stereocenters. The number of carbonyl (C=O) groups excluding carboxylic acids is 1. The summed E-state index contributed by atoms with van der Waals surface area (Å²) >= 11 is 8.15. The number of carbonyl (C=O) groups is 1. The minimum Gasteiger partial charge on any atom is -0.293 e. The van der Waals surface area contributed by atoms with E-state index in [4.69, 9.17) is 17.2 Å². The van der Waals surface area contributed by atoms with E-state index >= 15 is 0 Å². The molecular formula is C25H25N3O2S3. The molecule has 3 aromatic rings. The number of rotatable bonds is 9. The van der Waals surface area contributed by atoms with Gasteiger partial charge in [0.1, 0.15) is 15.0 Å². The zero-order valence-electron chi connectivity index (χ0n) is 18.4. The predicted molar refractivity (Wildman–Crippen MR) is 141 cm³/mol. The molecule has 1 fully saturated rings. The van der Waals surface area contributed by atoms with Crippen LogP contribution in [0.2, 0.25) is 0 Å². The maximum Gasteiger partial charge on any atom is 0.266 e. The fraction of sp³-hybridized carbons (Fsp3) is 0.280. The van der Waals surface area contributed by atoms with Crippen molar-refractivity contribution in [1.82, 2.24) is 14.3 Å². The Bertz CT molecular complexity index is 1250. The lowest BCUT2D eigenvalue weighted by Gasteiger charge is -2.14. The molecule has 2 aromatic heterocycles. The van der Waals surface area contributed by atoms with E-state index < -0.39 is 0 Å². The molecule has 1 amide bonds. The zero-order chi connectivity index (χ0) is 23.2. The monoisotopic (exact) mass is 495 g/mol. The number of unbranched alkanes of at least 4 members (excludes halogenated alkanes) is 4. The number of thiocarbonyl (C=S) groups is 1. The van der Waals surface area contributed by atoms with Gasteiger partial charge >= 0.3 is 0 Å². The van der Waals surface area contributed by atoms with Crippen molar-refractivity contribution in [2.75, 3.05) is 6.54 Å². The second-order valence-corrected chi connectivity index (χ2v) is 10.5. The van der Waals surface area contributed by atoms with Gasteiger partial charge in [-0.05, 0) is 36.8 Å². The van der Waals surface area contributed by atoms with E-state index in [-0.39, 0.29) is 11.5 Å². The van der Waals surface area contributed by atoms with Crippen molar-refractivity contribution in [3.8, 4) is 0 Å². The van der Waals surface area contributed by atoms with Crippen LogP contribution in [0.25, 0.3) is 11.7 Å². The third-order valence-corrected chi connectivity index (χ3v) is 7.72. The third-order valence-electron chi connectivity index (χ3n) is 5.33. The molecule has 4 rings (SSSR count). The van der Waals surface area contributed by atoms with Gasteiger partial charge in [0.05, 0.1) is 10.5 Å². The summed E-state index contributed by atoms with van der Waals surface area (Å²) in [6.45, 7) is 2.80. The van der Waals surface area contributed by atoms with Crippen molar-refractivity contribution in [2.24, 2.45) is 0 Å². The number of amides is 1. The van der Waals surface area contributed by atoms with Gasteiger partial charge in [-0.25, -0.2) is 4.98 Å². The minimum absolute atomic E-state index is 0.131. The van der Waals surface area contributed by atoms with Gasteiger partial charge in [0, 0.05) is 17.6 Å². The number of thioether (sulfide) groups is 1. The van der Waals surface area contributed by atoms with Gasteiger partial charge in [-0.2, -0.15) is 0 Å². The smallest absolute Gasteiger partial charge is 0.266 e. The molecule has 0 aliphatic carbocycles. The van der Waals surface area contributed by atoms with Crippen LogP contribution in [0.15, 0.2) is 74.3 Å². The van der Waals surface area contributed by atoms with Crippen LogP contribution in [-0.4, -0.2) is 31.1 Å². The molecule has 33 heavy (non-hydrogen) atoms. The topological polar surface area (TPSA) is 54.7 Å². The van der Waals surface area contributed by atoms with Gasteiger partial charge in [-0.3, -0.25) is 18.9 Å². The lowest BCUT2D eigenvalue weighted by atomic mass is 10.1. The number of fused-ring (bicyclic) bond motifs is 1. The fourth-order valence-electron chi connectivity index (χ4n) is 3.58. The Kier molecular flexibility index (Phi) is 8.01. The highest BCUT2D eigenvalue weighted by molar-refractivity contribution is 8.26. The molecule has 1 aliphatic rings. The van der Waals surface area contributed by atoms with E-state index in [1.165, 1.54) is 47.2 Å². The second-order valence-electron chi connectivity index (χ2n) is 7.73. The van der Waals surface area contributed by atoms with Crippen molar-refractivity contribution in [3.63, 3.8) is 0 Å². The largest absolute Gasteiger partial charge is 0.293 e. The van der Waals surface area contributed by atoms with E-state index in [0.29, 0.717) is 32.0 Å². The van der Waals surface area contributed by atoms with Crippen LogP contribution in [0, 0.1) is 0 Å². The Morgan fingerprint density at radius 2 is 1.79 bits per heavy atom. The lowest BCUT2D eigenvalue weighted by Crippen LogP contribution is -2.29. The molecule has 1 aromatic carbocycles. The fourth-order valence-corrected chi connectivity index (χ4v) is 5.78. The number of aromatic nitrogens is 2. The summed E-state index contributed by atoms with van der Waals surface area (Å²) in [6, 6.07) is 15.2. The van der Waals surface area contributed by atoms with Crippen LogP contribution in [0.5, 0.6) is 0 Å². The van der Waals surface area contributed by atoms with Crippen LogP contribution in [-0.2, 0) is 4.79 Å². The summed E-state index contributed by atoms with van der Waals surface area (Å²) < 4.78 is 2.06. The quantitative estimate of drug-likeness (QED) is 0.157. The number of benzene rings is 1. The predicted octanol–water partition coefficient (Wildman–Crippen LogP) is 6.02. The normalized spacial score (nSPS) is 15.2. The molecule has 0 unspecified atom stereocenters. The second kappa shape index (κ2) is 11.1. The molecule has 0 N–H and O–H groups in total. The van der Waals surface area contributed by atoms with Crippen molar-refractivity contribution in [2.45, 2.75) is 48.9 Å².